The van der Waals surface area contributed by atoms with Crippen LogP contribution in [0.3, 0.4) is 0 Å². The number of benzene rings is 1. The zero-order valence-electron chi connectivity index (χ0n) is 10.3. The monoisotopic (exact) mass is 224 g/mol. The average molecular weight is 224 g/mol. The van der Waals surface area contributed by atoms with E-state index in [1.54, 1.807) is 6.92 Å². The third-order valence-corrected chi connectivity index (χ3v) is 2.69. The van der Waals surface area contributed by atoms with E-state index in [2.05, 4.69) is 0 Å². The highest BCUT2D eigenvalue weighted by molar-refractivity contribution is 5.43. The van der Waals surface area contributed by atoms with E-state index >= 15 is 0 Å². The van der Waals surface area contributed by atoms with Crippen LogP contribution in [0, 0.1) is 13.8 Å². The lowest BCUT2D eigenvalue weighted by atomic mass is 10.1. The predicted octanol–water partition coefficient (Wildman–Crippen LogP) is 1.94. The molecule has 0 aliphatic carbocycles. The van der Waals surface area contributed by atoms with Crippen LogP contribution in [-0.2, 0) is 6.61 Å². The highest BCUT2D eigenvalue weighted by Gasteiger charge is 2.14. The number of aliphatic hydroxyl groups excluding tert-OH is 2. The van der Waals surface area contributed by atoms with E-state index in [0.717, 1.165) is 22.4 Å². The SMILES string of the molecule is Cc1cc(CO)cc(C)c1OC(C)C(C)O. The normalized spacial score (nSPS) is 14.6. The molecule has 0 radical (unpaired) electrons. The summed E-state index contributed by atoms with van der Waals surface area (Å²) in [5.74, 6) is 0.797. The van der Waals surface area contributed by atoms with E-state index < -0.39 is 6.10 Å². The highest BCUT2D eigenvalue weighted by Crippen LogP contribution is 2.26. The van der Waals surface area contributed by atoms with Gasteiger partial charge in [-0.25, -0.2) is 0 Å². The van der Waals surface area contributed by atoms with Gasteiger partial charge in [-0.15, -0.1) is 0 Å². The topological polar surface area (TPSA) is 49.7 Å². The van der Waals surface area contributed by atoms with Crippen molar-refractivity contribution in [2.24, 2.45) is 0 Å². The molecule has 0 amide bonds. The molecule has 0 aliphatic heterocycles. The second-order valence-electron chi connectivity index (χ2n) is 4.28. The molecule has 0 aromatic heterocycles. The highest BCUT2D eigenvalue weighted by atomic mass is 16.5. The molecular weight excluding hydrogens is 204 g/mol. The van der Waals surface area contributed by atoms with Crippen LogP contribution in [0.4, 0.5) is 0 Å². The Morgan fingerprint density at radius 2 is 1.69 bits per heavy atom. The fourth-order valence-electron chi connectivity index (χ4n) is 1.60. The Bertz CT molecular complexity index is 335. The number of hydrogen-bond acceptors (Lipinski definition) is 3. The van der Waals surface area contributed by atoms with Crippen LogP contribution < -0.4 is 4.74 Å². The standard InChI is InChI=1S/C13H20O3/c1-8-5-12(7-14)6-9(2)13(8)16-11(4)10(3)15/h5-6,10-11,14-15H,7H2,1-4H3. The van der Waals surface area contributed by atoms with E-state index in [1.807, 2.05) is 32.9 Å². The largest absolute Gasteiger partial charge is 0.487 e. The van der Waals surface area contributed by atoms with Crippen molar-refractivity contribution >= 4 is 0 Å². The summed E-state index contributed by atoms with van der Waals surface area (Å²) < 4.78 is 5.71. The summed E-state index contributed by atoms with van der Waals surface area (Å²) in [6.07, 6.45) is -0.742. The Morgan fingerprint density at radius 3 is 2.06 bits per heavy atom. The van der Waals surface area contributed by atoms with Gasteiger partial charge < -0.3 is 14.9 Å². The van der Waals surface area contributed by atoms with Crippen molar-refractivity contribution < 1.29 is 14.9 Å². The Kier molecular flexibility index (Phi) is 4.33. The molecule has 3 nitrogen and oxygen atoms in total. The Balaban J connectivity index is 2.96. The molecule has 1 rings (SSSR count). The van der Waals surface area contributed by atoms with Gasteiger partial charge in [-0.1, -0.05) is 12.1 Å². The van der Waals surface area contributed by atoms with Gasteiger partial charge in [0, 0.05) is 0 Å². The maximum absolute atomic E-state index is 9.40. The van der Waals surface area contributed by atoms with E-state index in [-0.39, 0.29) is 12.7 Å². The summed E-state index contributed by atoms with van der Waals surface area (Å²) >= 11 is 0. The van der Waals surface area contributed by atoms with Crippen molar-refractivity contribution in [2.75, 3.05) is 0 Å². The van der Waals surface area contributed by atoms with E-state index in [0.29, 0.717) is 0 Å². The van der Waals surface area contributed by atoms with Crippen LogP contribution >= 0.6 is 0 Å². The number of aryl methyl sites for hydroxylation is 2. The molecule has 2 atom stereocenters. The lowest BCUT2D eigenvalue weighted by Crippen LogP contribution is -2.26. The summed E-state index contributed by atoms with van der Waals surface area (Å²) in [4.78, 5) is 0. The van der Waals surface area contributed by atoms with Crippen molar-refractivity contribution in [2.45, 2.75) is 46.5 Å². The van der Waals surface area contributed by atoms with Crippen LogP contribution in [0.5, 0.6) is 5.75 Å². The average Bonchev–Trinajstić information content (AvgIpc) is 2.22. The number of ether oxygens (including phenoxy) is 1. The van der Waals surface area contributed by atoms with Gasteiger partial charge in [-0.05, 0) is 44.4 Å². The van der Waals surface area contributed by atoms with Gasteiger partial charge in [0.15, 0.2) is 0 Å². The van der Waals surface area contributed by atoms with Crippen molar-refractivity contribution in [1.29, 1.82) is 0 Å². The molecule has 0 heterocycles. The Labute approximate surface area is 96.7 Å². The quantitative estimate of drug-likeness (QED) is 0.821. The molecule has 0 spiro atoms. The third-order valence-electron chi connectivity index (χ3n) is 2.69. The minimum Gasteiger partial charge on any atom is -0.487 e. The summed E-state index contributed by atoms with van der Waals surface area (Å²) in [5.41, 5.74) is 2.85. The van der Waals surface area contributed by atoms with E-state index in [4.69, 9.17) is 9.84 Å². The Morgan fingerprint density at radius 1 is 1.19 bits per heavy atom. The molecule has 2 N–H and O–H groups in total. The number of rotatable bonds is 4. The van der Waals surface area contributed by atoms with Gasteiger partial charge in [0.1, 0.15) is 11.9 Å². The molecular formula is C13H20O3. The second kappa shape index (κ2) is 5.32. The van der Waals surface area contributed by atoms with Crippen molar-refractivity contribution in [3.8, 4) is 5.75 Å². The van der Waals surface area contributed by atoms with Gasteiger partial charge in [-0.2, -0.15) is 0 Å². The summed E-state index contributed by atoms with van der Waals surface area (Å²) in [5, 5.41) is 18.5. The lowest BCUT2D eigenvalue weighted by molar-refractivity contribution is 0.0595. The Hall–Kier alpha value is -1.06. The van der Waals surface area contributed by atoms with Crippen molar-refractivity contribution in [1.82, 2.24) is 0 Å². The first kappa shape index (κ1) is 13.0. The smallest absolute Gasteiger partial charge is 0.125 e. The zero-order valence-corrected chi connectivity index (χ0v) is 10.3. The minimum absolute atomic E-state index is 0.0356. The molecule has 0 bridgehead atoms. The summed E-state index contributed by atoms with van der Waals surface area (Å²) in [6, 6.07) is 3.80. The first-order chi connectivity index (χ1) is 7.45. The lowest BCUT2D eigenvalue weighted by Gasteiger charge is -2.20. The van der Waals surface area contributed by atoms with Gasteiger partial charge in [0.25, 0.3) is 0 Å². The van der Waals surface area contributed by atoms with E-state index in [9.17, 15) is 5.11 Å². The van der Waals surface area contributed by atoms with Crippen LogP contribution in [0.25, 0.3) is 0 Å². The number of aliphatic hydroxyl groups is 2. The summed E-state index contributed by atoms with van der Waals surface area (Å²) in [7, 11) is 0. The third kappa shape index (κ3) is 2.97. The predicted molar refractivity (Wildman–Crippen MR) is 63.6 cm³/mol. The molecule has 0 saturated heterocycles. The maximum atomic E-state index is 9.40. The molecule has 1 aromatic rings. The van der Waals surface area contributed by atoms with Crippen molar-refractivity contribution in [3.05, 3.63) is 28.8 Å². The second-order valence-corrected chi connectivity index (χ2v) is 4.28. The van der Waals surface area contributed by atoms with Crippen LogP contribution in [0.15, 0.2) is 12.1 Å². The molecule has 90 valence electrons. The zero-order chi connectivity index (χ0) is 12.3. The van der Waals surface area contributed by atoms with E-state index in [1.165, 1.54) is 0 Å². The van der Waals surface area contributed by atoms with Gasteiger partial charge >= 0.3 is 0 Å². The molecule has 1 aromatic carbocycles. The van der Waals surface area contributed by atoms with Crippen LogP contribution in [-0.4, -0.2) is 22.4 Å². The molecule has 0 saturated carbocycles. The summed E-state index contributed by atoms with van der Waals surface area (Å²) in [6.45, 7) is 7.46. The maximum Gasteiger partial charge on any atom is 0.125 e. The molecule has 0 aliphatic rings. The number of hydrogen-bond donors (Lipinski definition) is 2. The van der Waals surface area contributed by atoms with Gasteiger partial charge in [-0.3, -0.25) is 0 Å². The van der Waals surface area contributed by atoms with Crippen molar-refractivity contribution in [3.63, 3.8) is 0 Å². The van der Waals surface area contributed by atoms with Gasteiger partial charge in [0.2, 0.25) is 0 Å². The van der Waals surface area contributed by atoms with Gasteiger partial charge in [0.05, 0.1) is 12.7 Å². The first-order valence-electron chi connectivity index (χ1n) is 5.51. The molecule has 16 heavy (non-hydrogen) atoms. The minimum atomic E-state index is -0.503. The van der Waals surface area contributed by atoms with Crippen LogP contribution in [0.2, 0.25) is 0 Å². The first-order valence-corrected chi connectivity index (χ1v) is 5.51. The molecule has 3 heteroatoms. The molecule has 0 fully saturated rings. The fourth-order valence-corrected chi connectivity index (χ4v) is 1.60. The molecule has 2 unspecified atom stereocenters. The fraction of sp³-hybridized carbons (Fsp3) is 0.538. The van der Waals surface area contributed by atoms with Crippen LogP contribution in [0.1, 0.15) is 30.5 Å².